The van der Waals surface area contributed by atoms with Crippen molar-refractivity contribution in [2.24, 2.45) is 5.10 Å². The Bertz CT molecular complexity index is 937. The van der Waals surface area contributed by atoms with Crippen molar-refractivity contribution >= 4 is 38.8 Å². The van der Waals surface area contributed by atoms with Gasteiger partial charge in [0, 0.05) is 0 Å². The van der Waals surface area contributed by atoms with Gasteiger partial charge in [-0.1, -0.05) is 23.5 Å². The number of hydrogen-bond acceptors (Lipinski definition) is 7. The Morgan fingerprint density at radius 3 is 2.96 bits per heavy atom. The predicted octanol–water partition coefficient (Wildman–Crippen LogP) is 3.35. The topological polar surface area (TPSA) is 95.8 Å². The summed E-state index contributed by atoms with van der Waals surface area (Å²) in [5.74, 6) is 0.152. The van der Waals surface area contributed by atoms with Gasteiger partial charge >= 0.3 is 0 Å². The fourth-order valence-corrected chi connectivity index (χ4v) is 3.29. The minimum Gasteiger partial charge on any atom is -0.504 e. The summed E-state index contributed by atoms with van der Waals surface area (Å²) in [4.78, 5) is 16.7. The summed E-state index contributed by atoms with van der Waals surface area (Å²) in [7, 11) is 0. The first-order valence-corrected chi connectivity index (χ1v) is 9.29. The molecule has 0 radical (unpaired) electrons. The van der Waals surface area contributed by atoms with E-state index in [2.05, 4.69) is 20.8 Å². The molecule has 1 heterocycles. The van der Waals surface area contributed by atoms with Crippen molar-refractivity contribution in [2.75, 3.05) is 11.9 Å². The quantitative estimate of drug-likeness (QED) is 0.429. The zero-order chi connectivity index (χ0) is 19.2. The van der Waals surface area contributed by atoms with Gasteiger partial charge in [0.2, 0.25) is 0 Å². The maximum absolute atomic E-state index is 12.2. The highest BCUT2D eigenvalue weighted by molar-refractivity contribution is 7.22. The number of para-hydroxylation sites is 1. The van der Waals surface area contributed by atoms with E-state index in [1.54, 1.807) is 19.1 Å². The van der Waals surface area contributed by atoms with E-state index in [0.717, 1.165) is 10.2 Å². The Labute approximate surface area is 160 Å². The number of anilines is 1. The van der Waals surface area contributed by atoms with Crippen molar-refractivity contribution < 1.29 is 14.6 Å². The van der Waals surface area contributed by atoms with Crippen molar-refractivity contribution in [2.45, 2.75) is 19.9 Å². The number of hydrogen-bond donors (Lipinski definition) is 3. The van der Waals surface area contributed by atoms with Crippen molar-refractivity contribution in [3.8, 4) is 11.5 Å². The van der Waals surface area contributed by atoms with E-state index in [-0.39, 0.29) is 11.7 Å². The first kappa shape index (κ1) is 18.7. The molecule has 0 fully saturated rings. The maximum atomic E-state index is 12.2. The number of carbonyl (C=O) groups excluding carboxylic acids is 1. The summed E-state index contributed by atoms with van der Waals surface area (Å²) < 4.78 is 6.38. The van der Waals surface area contributed by atoms with Gasteiger partial charge in [0.05, 0.1) is 23.0 Å². The number of thiazole rings is 1. The van der Waals surface area contributed by atoms with Gasteiger partial charge in [0.15, 0.2) is 16.6 Å². The van der Waals surface area contributed by atoms with E-state index >= 15 is 0 Å². The molecule has 8 heteroatoms. The van der Waals surface area contributed by atoms with E-state index in [1.165, 1.54) is 23.6 Å². The number of phenols is 1. The van der Waals surface area contributed by atoms with Gasteiger partial charge in [-0.05, 0) is 49.7 Å². The normalized spacial score (nSPS) is 12.2. The molecule has 0 aliphatic heterocycles. The van der Waals surface area contributed by atoms with Crippen molar-refractivity contribution in [1.82, 2.24) is 10.4 Å². The molecule has 7 nitrogen and oxygen atoms in total. The van der Waals surface area contributed by atoms with Crippen LogP contribution in [0.1, 0.15) is 19.4 Å². The molecule has 0 spiro atoms. The van der Waals surface area contributed by atoms with E-state index < -0.39 is 6.04 Å². The van der Waals surface area contributed by atoms with Crippen LogP contribution in [0.15, 0.2) is 47.6 Å². The number of carbonyl (C=O) groups is 1. The Kier molecular flexibility index (Phi) is 5.87. The highest BCUT2D eigenvalue weighted by atomic mass is 32.1. The van der Waals surface area contributed by atoms with Crippen molar-refractivity contribution in [1.29, 1.82) is 0 Å². The van der Waals surface area contributed by atoms with Gasteiger partial charge in [-0.2, -0.15) is 5.10 Å². The summed E-state index contributed by atoms with van der Waals surface area (Å²) >= 11 is 1.49. The third kappa shape index (κ3) is 4.73. The fourth-order valence-electron chi connectivity index (χ4n) is 2.33. The minimum atomic E-state index is -0.499. The number of aromatic hydroxyl groups is 1. The average Bonchev–Trinajstić information content (AvgIpc) is 3.06. The lowest BCUT2D eigenvalue weighted by Crippen LogP contribution is -2.34. The number of fused-ring (bicyclic) bond motifs is 1. The zero-order valence-corrected chi connectivity index (χ0v) is 15.8. The average molecular weight is 384 g/mol. The summed E-state index contributed by atoms with van der Waals surface area (Å²) in [5.41, 5.74) is 4.09. The van der Waals surface area contributed by atoms with Crippen LogP contribution in [-0.4, -0.2) is 34.9 Å². The van der Waals surface area contributed by atoms with Crippen LogP contribution in [0.4, 0.5) is 5.13 Å². The van der Waals surface area contributed by atoms with Gasteiger partial charge in [0.1, 0.15) is 6.04 Å². The largest absolute Gasteiger partial charge is 0.504 e. The number of phenolic OH excluding ortho intramolecular Hbond substituents is 1. The Morgan fingerprint density at radius 1 is 1.37 bits per heavy atom. The lowest BCUT2D eigenvalue weighted by molar-refractivity contribution is -0.121. The van der Waals surface area contributed by atoms with Crippen LogP contribution < -0.4 is 15.5 Å². The third-order valence-electron chi connectivity index (χ3n) is 3.70. The first-order valence-electron chi connectivity index (χ1n) is 8.47. The number of aromatic nitrogens is 1. The lowest BCUT2D eigenvalue weighted by Gasteiger charge is -2.10. The van der Waals surface area contributed by atoms with E-state index in [1.807, 2.05) is 31.2 Å². The molecule has 0 bridgehead atoms. The molecule has 140 valence electrons. The molecule has 2 aromatic carbocycles. The lowest BCUT2D eigenvalue weighted by atomic mass is 10.2. The smallest absolute Gasteiger partial charge is 0.262 e. The molecule has 3 rings (SSSR count). The molecule has 0 saturated heterocycles. The molecule has 1 atom stereocenters. The van der Waals surface area contributed by atoms with Crippen LogP contribution in [0.2, 0.25) is 0 Å². The van der Waals surface area contributed by atoms with Crippen LogP contribution >= 0.6 is 11.3 Å². The highest BCUT2D eigenvalue weighted by Gasteiger charge is 2.14. The zero-order valence-electron chi connectivity index (χ0n) is 15.0. The van der Waals surface area contributed by atoms with Gasteiger partial charge in [-0.3, -0.25) is 4.79 Å². The Balaban J connectivity index is 1.58. The van der Waals surface area contributed by atoms with Gasteiger partial charge in [-0.25, -0.2) is 10.4 Å². The third-order valence-corrected chi connectivity index (χ3v) is 4.67. The van der Waals surface area contributed by atoms with Crippen LogP contribution in [-0.2, 0) is 4.79 Å². The molecule has 0 unspecified atom stereocenters. The number of nitrogens with one attached hydrogen (secondary N) is 2. The predicted molar refractivity (Wildman–Crippen MR) is 108 cm³/mol. The number of ether oxygens (including phenoxy) is 1. The molecular weight excluding hydrogens is 364 g/mol. The summed E-state index contributed by atoms with van der Waals surface area (Å²) in [5, 5.41) is 17.4. The monoisotopic (exact) mass is 384 g/mol. The van der Waals surface area contributed by atoms with Crippen molar-refractivity contribution in [3.63, 3.8) is 0 Å². The standard InChI is InChI=1S/C19H20N4O3S/c1-3-26-16-10-13(8-9-15(16)24)11-20-23-18(25)12(2)21-19-22-14-6-4-5-7-17(14)27-19/h4-12,24H,3H2,1-2H3,(H,21,22)(H,23,25)/b20-11+/t12-/m0/s1. The molecule has 0 saturated carbocycles. The van der Waals surface area contributed by atoms with Crippen LogP contribution in [0.25, 0.3) is 10.2 Å². The second kappa shape index (κ2) is 8.50. The second-order valence-corrected chi connectivity index (χ2v) is 6.78. The maximum Gasteiger partial charge on any atom is 0.262 e. The molecule has 0 aliphatic rings. The molecule has 27 heavy (non-hydrogen) atoms. The number of benzene rings is 2. The number of nitrogens with zero attached hydrogens (tertiary/aromatic N) is 2. The SMILES string of the molecule is CCOc1cc(/C=N/NC(=O)[C@H](C)Nc2nc3ccccc3s2)ccc1O. The Hall–Kier alpha value is -3.13. The van der Waals surface area contributed by atoms with Gasteiger partial charge in [0.25, 0.3) is 5.91 Å². The van der Waals surface area contributed by atoms with Crippen LogP contribution in [0, 0.1) is 0 Å². The minimum absolute atomic E-state index is 0.0618. The molecule has 1 amide bonds. The van der Waals surface area contributed by atoms with Crippen LogP contribution in [0.3, 0.4) is 0 Å². The van der Waals surface area contributed by atoms with Gasteiger partial charge in [-0.15, -0.1) is 0 Å². The van der Waals surface area contributed by atoms with Crippen LogP contribution in [0.5, 0.6) is 11.5 Å². The number of hydrazone groups is 1. The van der Waals surface area contributed by atoms with Crippen molar-refractivity contribution in [3.05, 3.63) is 48.0 Å². The molecular formula is C19H20N4O3S. The Morgan fingerprint density at radius 2 is 2.19 bits per heavy atom. The summed E-state index contributed by atoms with van der Waals surface area (Å²) in [6.07, 6.45) is 1.49. The van der Waals surface area contributed by atoms with E-state index in [4.69, 9.17) is 4.74 Å². The number of amides is 1. The number of rotatable bonds is 7. The summed E-state index contributed by atoms with van der Waals surface area (Å²) in [6, 6.07) is 12.1. The molecule has 0 aliphatic carbocycles. The first-order chi connectivity index (χ1) is 13.1. The fraction of sp³-hybridized carbons (Fsp3) is 0.211. The van der Waals surface area contributed by atoms with Gasteiger partial charge < -0.3 is 15.2 Å². The summed E-state index contributed by atoms with van der Waals surface area (Å²) in [6.45, 7) is 4.02. The molecule has 3 aromatic rings. The van der Waals surface area contributed by atoms with E-state index in [9.17, 15) is 9.90 Å². The van der Waals surface area contributed by atoms with E-state index in [0.29, 0.717) is 23.1 Å². The highest BCUT2D eigenvalue weighted by Crippen LogP contribution is 2.26. The molecule has 1 aromatic heterocycles. The molecule has 3 N–H and O–H groups in total. The second-order valence-electron chi connectivity index (χ2n) is 5.75.